The summed E-state index contributed by atoms with van der Waals surface area (Å²) in [6.07, 6.45) is 7.75. The smallest absolute Gasteiger partial charge is 0.0675 e. The van der Waals surface area contributed by atoms with Crippen LogP contribution in [0.3, 0.4) is 0 Å². The van der Waals surface area contributed by atoms with Crippen LogP contribution in [0, 0.1) is 0 Å². The van der Waals surface area contributed by atoms with E-state index in [1.807, 2.05) is 0 Å². The molecule has 19 heavy (non-hydrogen) atoms. The Balaban J connectivity index is 1.49. The molecule has 2 aliphatic heterocycles. The maximum absolute atomic E-state index is 10.8. The van der Waals surface area contributed by atoms with Crippen molar-refractivity contribution >= 4 is 0 Å². The fourth-order valence-corrected chi connectivity index (χ4v) is 3.81. The Kier molecular flexibility index (Phi) is 3.90. The number of hydrogen-bond acceptors (Lipinski definition) is 2. The molecule has 0 saturated carbocycles. The molecule has 2 unspecified atom stereocenters. The minimum atomic E-state index is -0.389. The minimum Gasteiger partial charge on any atom is -0.390 e. The van der Waals surface area contributed by atoms with Crippen LogP contribution in [0.4, 0.5) is 0 Å². The van der Waals surface area contributed by atoms with Crippen LogP contribution in [0.5, 0.6) is 0 Å². The molecule has 2 saturated heterocycles. The zero-order valence-electron chi connectivity index (χ0n) is 11.7. The molecule has 1 N–H and O–H groups in total. The number of benzene rings is 1. The molecule has 1 aromatic carbocycles. The van der Waals surface area contributed by atoms with Crippen LogP contribution in [0.2, 0.25) is 0 Å². The fourth-order valence-electron chi connectivity index (χ4n) is 3.81. The zero-order valence-corrected chi connectivity index (χ0v) is 11.7. The van der Waals surface area contributed by atoms with Crippen LogP contribution < -0.4 is 0 Å². The molecule has 0 aliphatic carbocycles. The molecule has 0 bridgehead atoms. The molecule has 104 valence electrons. The highest BCUT2D eigenvalue weighted by Gasteiger charge is 2.39. The monoisotopic (exact) mass is 259 g/mol. The van der Waals surface area contributed by atoms with E-state index in [9.17, 15) is 5.11 Å². The van der Waals surface area contributed by atoms with Gasteiger partial charge in [0.15, 0.2) is 0 Å². The van der Waals surface area contributed by atoms with Crippen molar-refractivity contribution in [2.45, 2.75) is 56.6 Å². The normalized spacial score (nSPS) is 31.3. The van der Waals surface area contributed by atoms with Gasteiger partial charge in [-0.3, -0.25) is 0 Å². The number of aliphatic hydroxyl groups is 1. The van der Waals surface area contributed by atoms with Crippen LogP contribution in [-0.2, 0) is 6.42 Å². The first-order valence-corrected chi connectivity index (χ1v) is 7.76. The zero-order chi connectivity index (χ0) is 13.1. The maximum atomic E-state index is 10.8. The Bertz CT molecular complexity index is 405. The predicted octanol–water partition coefficient (Wildman–Crippen LogP) is 3.00. The summed E-state index contributed by atoms with van der Waals surface area (Å²) >= 11 is 0. The van der Waals surface area contributed by atoms with E-state index in [0.717, 1.165) is 38.6 Å². The molecule has 2 aliphatic rings. The van der Waals surface area contributed by atoms with Gasteiger partial charge in [0.1, 0.15) is 0 Å². The van der Waals surface area contributed by atoms with E-state index in [1.54, 1.807) is 0 Å². The molecule has 0 amide bonds. The summed E-state index contributed by atoms with van der Waals surface area (Å²) in [7, 11) is 0. The van der Waals surface area contributed by atoms with Crippen molar-refractivity contribution in [2.75, 3.05) is 13.1 Å². The molecule has 1 aromatic rings. The highest BCUT2D eigenvalue weighted by molar-refractivity contribution is 5.14. The first-order chi connectivity index (χ1) is 9.25. The Morgan fingerprint density at radius 1 is 1.21 bits per heavy atom. The second-order valence-corrected chi connectivity index (χ2v) is 6.35. The maximum Gasteiger partial charge on any atom is 0.0675 e. The Labute approximate surface area is 116 Å². The van der Waals surface area contributed by atoms with Gasteiger partial charge >= 0.3 is 0 Å². The molecule has 2 atom stereocenters. The average molecular weight is 259 g/mol. The van der Waals surface area contributed by atoms with Crippen molar-refractivity contribution in [3.8, 4) is 0 Å². The third-order valence-corrected chi connectivity index (χ3v) is 4.93. The van der Waals surface area contributed by atoms with E-state index in [-0.39, 0.29) is 5.60 Å². The van der Waals surface area contributed by atoms with Gasteiger partial charge in [0.05, 0.1) is 5.60 Å². The van der Waals surface area contributed by atoms with Crippen LogP contribution in [0.1, 0.15) is 44.1 Å². The number of hydrogen-bond donors (Lipinski definition) is 1. The Morgan fingerprint density at radius 3 is 2.89 bits per heavy atom. The summed E-state index contributed by atoms with van der Waals surface area (Å²) in [5.41, 5.74) is 1.00. The van der Waals surface area contributed by atoms with Crippen molar-refractivity contribution in [3.05, 3.63) is 35.9 Å². The third kappa shape index (κ3) is 3.18. The molecule has 3 rings (SSSR count). The second-order valence-electron chi connectivity index (χ2n) is 6.35. The van der Waals surface area contributed by atoms with Crippen LogP contribution in [-0.4, -0.2) is 34.7 Å². The molecule has 2 heterocycles. The van der Waals surface area contributed by atoms with Gasteiger partial charge in [-0.1, -0.05) is 30.3 Å². The number of rotatable bonds is 4. The Hall–Kier alpha value is -0.860. The van der Waals surface area contributed by atoms with Gasteiger partial charge in [0, 0.05) is 12.6 Å². The molecule has 0 radical (unpaired) electrons. The summed E-state index contributed by atoms with van der Waals surface area (Å²) in [6, 6.07) is 11.3. The Morgan fingerprint density at radius 2 is 2.05 bits per heavy atom. The first-order valence-electron chi connectivity index (χ1n) is 7.76. The van der Waals surface area contributed by atoms with E-state index in [2.05, 4.69) is 35.2 Å². The molecule has 0 aromatic heterocycles. The summed E-state index contributed by atoms with van der Waals surface area (Å²) in [4.78, 5) is 2.58. The van der Waals surface area contributed by atoms with Gasteiger partial charge in [-0.05, 0) is 57.1 Å². The molecular weight excluding hydrogens is 234 g/mol. The molecule has 2 heteroatoms. The van der Waals surface area contributed by atoms with Crippen LogP contribution >= 0.6 is 0 Å². The van der Waals surface area contributed by atoms with Crippen molar-refractivity contribution in [3.63, 3.8) is 0 Å². The quantitative estimate of drug-likeness (QED) is 0.898. The fraction of sp³-hybridized carbons (Fsp3) is 0.647. The molecular formula is C17H25NO. The van der Waals surface area contributed by atoms with Gasteiger partial charge in [0.2, 0.25) is 0 Å². The average Bonchev–Trinajstić information content (AvgIpc) is 2.87. The van der Waals surface area contributed by atoms with Crippen molar-refractivity contribution in [2.24, 2.45) is 0 Å². The highest BCUT2D eigenvalue weighted by atomic mass is 16.3. The van der Waals surface area contributed by atoms with E-state index in [0.29, 0.717) is 6.04 Å². The van der Waals surface area contributed by atoms with Gasteiger partial charge < -0.3 is 10.0 Å². The van der Waals surface area contributed by atoms with Gasteiger partial charge in [0.25, 0.3) is 0 Å². The van der Waals surface area contributed by atoms with Crippen LogP contribution in [0.15, 0.2) is 30.3 Å². The van der Waals surface area contributed by atoms with Gasteiger partial charge in [-0.2, -0.15) is 0 Å². The lowest BCUT2D eigenvalue weighted by Crippen LogP contribution is -2.47. The lowest BCUT2D eigenvalue weighted by atomic mass is 9.82. The van der Waals surface area contributed by atoms with E-state index in [4.69, 9.17) is 0 Å². The lowest BCUT2D eigenvalue weighted by molar-refractivity contribution is -0.0430. The molecule has 2 fully saturated rings. The topological polar surface area (TPSA) is 23.5 Å². The highest BCUT2D eigenvalue weighted by Crippen LogP contribution is 2.35. The van der Waals surface area contributed by atoms with E-state index >= 15 is 0 Å². The predicted molar refractivity (Wildman–Crippen MR) is 78.2 cm³/mol. The number of nitrogens with zero attached hydrogens (tertiary/aromatic N) is 1. The SMILES string of the molecule is OC1(CCCc2ccccc2)CCN2CCCC2C1. The molecule has 0 spiro atoms. The summed E-state index contributed by atoms with van der Waals surface area (Å²) in [6.45, 7) is 2.36. The number of piperidine rings is 1. The largest absolute Gasteiger partial charge is 0.390 e. The first kappa shape index (κ1) is 13.1. The van der Waals surface area contributed by atoms with Gasteiger partial charge in [-0.25, -0.2) is 0 Å². The summed E-state index contributed by atoms with van der Waals surface area (Å²) in [5.74, 6) is 0. The summed E-state index contributed by atoms with van der Waals surface area (Å²) in [5, 5.41) is 10.8. The number of aryl methyl sites for hydroxylation is 1. The van der Waals surface area contributed by atoms with Crippen molar-refractivity contribution < 1.29 is 5.11 Å². The second kappa shape index (κ2) is 5.64. The van der Waals surface area contributed by atoms with Crippen molar-refractivity contribution in [1.82, 2.24) is 4.90 Å². The van der Waals surface area contributed by atoms with Crippen LogP contribution in [0.25, 0.3) is 0 Å². The minimum absolute atomic E-state index is 0.389. The van der Waals surface area contributed by atoms with E-state index < -0.39 is 0 Å². The molecule has 2 nitrogen and oxygen atoms in total. The number of fused-ring (bicyclic) bond motifs is 1. The standard InChI is InChI=1S/C17H25NO/c19-17(10-4-8-15-6-2-1-3-7-15)11-13-18-12-5-9-16(18)14-17/h1-3,6-7,16,19H,4-5,8-14H2. The lowest BCUT2D eigenvalue weighted by Gasteiger charge is -2.41. The third-order valence-electron chi connectivity index (χ3n) is 4.93. The van der Waals surface area contributed by atoms with E-state index in [1.165, 1.54) is 24.9 Å². The van der Waals surface area contributed by atoms with Gasteiger partial charge in [-0.15, -0.1) is 0 Å². The van der Waals surface area contributed by atoms with Crippen molar-refractivity contribution in [1.29, 1.82) is 0 Å². The summed E-state index contributed by atoms with van der Waals surface area (Å²) < 4.78 is 0.